The van der Waals surface area contributed by atoms with Crippen molar-refractivity contribution in [1.29, 1.82) is 0 Å². The van der Waals surface area contributed by atoms with E-state index >= 15 is 0 Å². The number of rotatable bonds is 6. The SMILES string of the molecule is CCNC(=O)Nc1nc2cc(C3=CC(C)CC=C(C4CCCCC(C)(C(=O)OCC)CC4)N=C3)cc(Br)c2s1. The zero-order valence-electron chi connectivity index (χ0n) is 23.3. The number of aliphatic imine (C=N–C) groups is 1. The minimum atomic E-state index is -0.418. The molecule has 2 N–H and O–H groups in total. The van der Waals surface area contributed by atoms with Crippen molar-refractivity contribution >= 4 is 66.4 Å². The lowest BCUT2D eigenvalue weighted by Crippen LogP contribution is -2.32. The molecule has 9 heteroatoms. The molecule has 2 heterocycles. The molecule has 1 aliphatic carbocycles. The highest BCUT2D eigenvalue weighted by Gasteiger charge is 2.36. The second-order valence-corrected chi connectivity index (χ2v) is 12.6. The fourth-order valence-electron chi connectivity index (χ4n) is 5.35. The van der Waals surface area contributed by atoms with E-state index in [1.807, 2.05) is 20.1 Å². The van der Waals surface area contributed by atoms with Crippen molar-refractivity contribution in [3.05, 3.63) is 40.0 Å². The molecule has 3 atom stereocenters. The van der Waals surface area contributed by atoms with Crippen LogP contribution in [0.5, 0.6) is 0 Å². The molecule has 39 heavy (non-hydrogen) atoms. The van der Waals surface area contributed by atoms with Gasteiger partial charge in [-0.2, -0.15) is 0 Å². The quantitative estimate of drug-likeness (QED) is 0.321. The van der Waals surface area contributed by atoms with E-state index in [0.717, 1.165) is 76.5 Å². The van der Waals surface area contributed by atoms with Crippen LogP contribution in [0.4, 0.5) is 9.93 Å². The summed E-state index contributed by atoms with van der Waals surface area (Å²) in [7, 11) is 0. The number of hydrogen-bond acceptors (Lipinski definition) is 6. The molecule has 0 saturated heterocycles. The maximum atomic E-state index is 12.7. The highest BCUT2D eigenvalue weighted by Crippen LogP contribution is 2.40. The van der Waals surface area contributed by atoms with Gasteiger partial charge >= 0.3 is 12.0 Å². The summed E-state index contributed by atoms with van der Waals surface area (Å²) in [6.45, 7) is 9.03. The van der Waals surface area contributed by atoms with Gasteiger partial charge < -0.3 is 10.1 Å². The number of nitrogens with one attached hydrogen (secondary N) is 2. The van der Waals surface area contributed by atoms with E-state index in [1.165, 1.54) is 11.3 Å². The first-order valence-corrected chi connectivity index (χ1v) is 15.6. The van der Waals surface area contributed by atoms with Crippen LogP contribution < -0.4 is 10.6 Å². The highest BCUT2D eigenvalue weighted by molar-refractivity contribution is 9.10. The number of amides is 2. The Morgan fingerprint density at radius 3 is 2.79 bits per heavy atom. The third-order valence-corrected chi connectivity index (χ3v) is 9.52. The number of urea groups is 1. The Morgan fingerprint density at radius 1 is 1.21 bits per heavy atom. The predicted molar refractivity (Wildman–Crippen MR) is 164 cm³/mol. The average Bonchev–Trinajstić information content (AvgIpc) is 3.28. The molecule has 4 rings (SSSR count). The number of carbonyl (C=O) groups excluding carboxylic acids is 2. The molecule has 0 spiro atoms. The molecule has 7 nitrogen and oxygen atoms in total. The van der Waals surface area contributed by atoms with Crippen LogP contribution in [0.3, 0.4) is 0 Å². The van der Waals surface area contributed by atoms with Gasteiger partial charge in [0.25, 0.3) is 0 Å². The van der Waals surface area contributed by atoms with Crippen LogP contribution in [0.1, 0.15) is 78.2 Å². The molecule has 1 fully saturated rings. The van der Waals surface area contributed by atoms with Gasteiger partial charge in [0, 0.05) is 28.8 Å². The molecule has 1 aromatic heterocycles. The number of thiazole rings is 1. The van der Waals surface area contributed by atoms with Gasteiger partial charge in [0.05, 0.1) is 22.2 Å². The van der Waals surface area contributed by atoms with E-state index in [-0.39, 0.29) is 12.0 Å². The first kappa shape index (κ1) is 29.5. The monoisotopic (exact) mass is 614 g/mol. The third kappa shape index (κ3) is 7.37. The van der Waals surface area contributed by atoms with Crippen molar-refractivity contribution in [1.82, 2.24) is 10.3 Å². The van der Waals surface area contributed by atoms with Crippen LogP contribution in [0, 0.1) is 17.3 Å². The van der Waals surface area contributed by atoms with Crippen LogP contribution in [0.2, 0.25) is 0 Å². The van der Waals surface area contributed by atoms with Gasteiger partial charge in [0.15, 0.2) is 5.13 Å². The number of carbonyl (C=O) groups is 2. The molecule has 3 unspecified atom stereocenters. The summed E-state index contributed by atoms with van der Waals surface area (Å²) >= 11 is 5.16. The van der Waals surface area contributed by atoms with Crippen molar-refractivity contribution in [2.45, 2.75) is 72.6 Å². The van der Waals surface area contributed by atoms with Gasteiger partial charge in [-0.1, -0.05) is 43.3 Å². The van der Waals surface area contributed by atoms with Crippen molar-refractivity contribution in [3.63, 3.8) is 0 Å². The first-order valence-electron chi connectivity index (χ1n) is 14.0. The topological polar surface area (TPSA) is 92.7 Å². The van der Waals surface area contributed by atoms with Gasteiger partial charge in [-0.3, -0.25) is 15.1 Å². The number of aromatic nitrogens is 1. The number of esters is 1. The van der Waals surface area contributed by atoms with Crippen LogP contribution >= 0.6 is 27.3 Å². The smallest absolute Gasteiger partial charge is 0.321 e. The number of ether oxygens (including phenoxy) is 1. The predicted octanol–water partition coefficient (Wildman–Crippen LogP) is 8.12. The summed E-state index contributed by atoms with van der Waals surface area (Å²) in [6, 6.07) is 3.91. The number of nitrogens with zero attached hydrogens (tertiary/aromatic N) is 2. The van der Waals surface area contributed by atoms with Gasteiger partial charge in [0.2, 0.25) is 0 Å². The average molecular weight is 616 g/mol. The molecule has 2 aliphatic rings. The minimum absolute atomic E-state index is 0.0630. The maximum absolute atomic E-state index is 12.7. The molecule has 210 valence electrons. The second kappa shape index (κ2) is 13.2. The standard InChI is InChI=1S/C30H39BrN4O3S/c1-5-32-28(37)35-29-34-25-17-21(16-23(31)26(25)39-29)22-15-19(3)10-11-24(33-18-22)20-9-7-8-13-30(4,14-12-20)27(36)38-6-2/h11,15-20H,5-10,12-14H2,1-4H3,(H2,32,34,35,37). The van der Waals surface area contributed by atoms with Crippen molar-refractivity contribution < 1.29 is 14.3 Å². The molecule has 2 aromatic rings. The molecular weight excluding hydrogens is 576 g/mol. The molecule has 2 amide bonds. The van der Waals surface area contributed by atoms with E-state index in [2.05, 4.69) is 69.7 Å². The van der Waals surface area contributed by atoms with Crippen LogP contribution in [-0.4, -0.2) is 36.4 Å². The van der Waals surface area contributed by atoms with E-state index < -0.39 is 5.41 Å². The van der Waals surface area contributed by atoms with Gasteiger partial charge in [-0.25, -0.2) is 9.78 Å². The zero-order chi connectivity index (χ0) is 28.0. The summed E-state index contributed by atoms with van der Waals surface area (Å²) in [5, 5.41) is 6.11. The lowest BCUT2D eigenvalue weighted by Gasteiger charge is -2.32. The minimum Gasteiger partial charge on any atom is -0.466 e. The van der Waals surface area contributed by atoms with Crippen molar-refractivity contribution in [2.24, 2.45) is 22.2 Å². The van der Waals surface area contributed by atoms with Crippen LogP contribution in [0.15, 0.2) is 39.4 Å². The molecular formula is C30H39BrN4O3S. The summed E-state index contributed by atoms with van der Waals surface area (Å²) < 4.78 is 7.35. The Labute approximate surface area is 243 Å². The van der Waals surface area contributed by atoms with E-state index in [4.69, 9.17) is 9.73 Å². The lowest BCUT2D eigenvalue weighted by molar-refractivity contribution is -0.155. The van der Waals surface area contributed by atoms with Gasteiger partial charge in [-0.15, -0.1) is 0 Å². The number of hydrogen-bond donors (Lipinski definition) is 2. The summed E-state index contributed by atoms with van der Waals surface area (Å²) in [6.07, 6.45) is 13.3. The Kier molecular flexibility index (Phi) is 9.99. The Hall–Kier alpha value is -2.52. The third-order valence-electron chi connectivity index (χ3n) is 7.61. The molecule has 1 aromatic carbocycles. The van der Waals surface area contributed by atoms with Crippen molar-refractivity contribution in [2.75, 3.05) is 18.5 Å². The van der Waals surface area contributed by atoms with Gasteiger partial charge in [-0.05, 0) is 98.0 Å². The summed E-state index contributed by atoms with van der Waals surface area (Å²) in [5.41, 5.74) is 3.63. The second-order valence-electron chi connectivity index (χ2n) is 10.8. The lowest BCUT2D eigenvalue weighted by atomic mass is 9.74. The summed E-state index contributed by atoms with van der Waals surface area (Å²) in [4.78, 5) is 34.4. The zero-order valence-corrected chi connectivity index (χ0v) is 25.7. The maximum Gasteiger partial charge on any atom is 0.321 e. The molecule has 1 aliphatic heterocycles. The van der Waals surface area contributed by atoms with Gasteiger partial charge in [0.1, 0.15) is 0 Å². The molecule has 0 bridgehead atoms. The van der Waals surface area contributed by atoms with E-state index in [0.29, 0.717) is 30.1 Å². The Bertz CT molecular complexity index is 1300. The molecule has 1 saturated carbocycles. The fourth-order valence-corrected chi connectivity index (χ4v) is 6.89. The largest absolute Gasteiger partial charge is 0.466 e. The number of fused-ring (bicyclic) bond motifs is 1. The van der Waals surface area contributed by atoms with Crippen molar-refractivity contribution in [3.8, 4) is 0 Å². The number of benzene rings is 1. The number of allylic oxidation sites excluding steroid dienone is 4. The number of halogens is 1. The first-order chi connectivity index (χ1) is 18.7. The highest BCUT2D eigenvalue weighted by atomic mass is 79.9. The van der Waals surface area contributed by atoms with E-state index in [9.17, 15) is 9.59 Å². The number of anilines is 1. The normalized spacial score (nSPS) is 24.0. The fraction of sp³-hybridized carbons (Fsp3) is 0.533. The Morgan fingerprint density at radius 2 is 2.03 bits per heavy atom. The van der Waals surface area contributed by atoms with Crippen LogP contribution in [-0.2, 0) is 9.53 Å². The Balaban J connectivity index is 1.56. The van der Waals surface area contributed by atoms with E-state index in [1.54, 1.807) is 0 Å². The molecule has 0 radical (unpaired) electrons. The van der Waals surface area contributed by atoms with Crippen LogP contribution in [0.25, 0.3) is 15.8 Å². The summed E-state index contributed by atoms with van der Waals surface area (Å²) in [5.74, 6) is 0.615.